The number of anilines is 2. The fourth-order valence-corrected chi connectivity index (χ4v) is 1.89. The van der Waals surface area contributed by atoms with Crippen LogP contribution in [0.2, 0.25) is 0 Å². The van der Waals surface area contributed by atoms with E-state index in [1.807, 2.05) is 17.0 Å². The number of fused-ring (bicyclic) bond motifs is 1. The molecule has 0 unspecified atom stereocenters. The molecule has 2 N–H and O–H groups in total. The summed E-state index contributed by atoms with van der Waals surface area (Å²) in [5.41, 5.74) is 7.31. The Hall–Kier alpha value is -1.91. The van der Waals surface area contributed by atoms with Gasteiger partial charge in [0.1, 0.15) is 24.6 Å². The Kier molecular flexibility index (Phi) is 3.37. The van der Waals surface area contributed by atoms with Gasteiger partial charge in [-0.05, 0) is 19.1 Å². The van der Waals surface area contributed by atoms with Crippen LogP contribution >= 0.6 is 0 Å². The summed E-state index contributed by atoms with van der Waals surface area (Å²) in [5, 5.41) is 0. The first kappa shape index (κ1) is 11.6. The van der Waals surface area contributed by atoms with Crippen LogP contribution in [0.15, 0.2) is 18.2 Å². The molecular formula is C12H16N2O3. The molecule has 17 heavy (non-hydrogen) atoms. The second-order valence-electron chi connectivity index (χ2n) is 3.77. The topological polar surface area (TPSA) is 64.8 Å². The lowest BCUT2D eigenvalue weighted by Gasteiger charge is -2.31. The largest absolute Gasteiger partial charge is 0.489 e. The molecule has 0 aromatic heterocycles. The standard InChI is InChI=1S/C12H16N2O3/c1-2-16-11(15)8-14-6-7-17-10-5-3-4-9(13)12(10)14/h3-5H,2,6-8,13H2,1H3. The van der Waals surface area contributed by atoms with Gasteiger partial charge in [0, 0.05) is 0 Å². The molecule has 0 bridgehead atoms. The van der Waals surface area contributed by atoms with Gasteiger partial charge < -0.3 is 20.1 Å². The van der Waals surface area contributed by atoms with Crippen LogP contribution < -0.4 is 15.4 Å². The highest BCUT2D eigenvalue weighted by Gasteiger charge is 2.22. The van der Waals surface area contributed by atoms with Crippen LogP contribution in [0.25, 0.3) is 0 Å². The maximum absolute atomic E-state index is 11.5. The number of hydrogen-bond acceptors (Lipinski definition) is 5. The third kappa shape index (κ3) is 2.43. The zero-order valence-electron chi connectivity index (χ0n) is 9.81. The van der Waals surface area contributed by atoms with Gasteiger partial charge in [0.15, 0.2) is 0 Å². The van der Waals surface area contributed by atoms with Crippen molar-refractivity contribution in [2.24, 2.45) is 0 Å². The fraction of sp³-hybridized carbons (Fsp3) is 0.417. The van der Waals surface area contributed by atoms with E-state index in [9.17, 15) is 4.79 Å². The van der Waals surface area contributed by atoms with E-state index >= 15 is 0 Å². The molecule has 0 amide bonds. The fourth-order valence-electron chi connectivity index (χ4n) is 1.89. The highest BCUT2D eigenvalue weighted by atomic mass is 16.5. The van der Waals surface area contributed by atoms with E-state index in [4.69, 9.17) is 15.2 Å². The number of nitrogens with two attached hydrogens (primary N) is 1. The van der Waals surface area contributed by atoms with Crippen LogP contribution in [0.3, 0.4) is 0 Å². The van der Waals surface area contributed by atoms with Crippen molar-refractivity contribution in [1.29, 1.82) is 0 Å². The number of para-hydroxylation sites is 1. The molecule has 2 rings (SSSR count). The molecule has 1 aromatic rings. The zero-order valence-corrected chi connectivity index (χ0v) is 9.81. The molecular weight excluding hydrogens is 220 g/mol. The minimum absolute atomic E-state index is 0.207. The summed E-state index contributed by atoms with van der Waals surface area (Å²) in [6.45, 7) is 3.58. The molecule has 0 spiro atoms. The van der Waals surface area contributed by atoms with Gasteiger partial charge in [-0.25, -0.2) is 0 Å². The van der Waals surface area contributed by atoms with E-state index in [0.29, 0.717) is 25.4 Å². The van der Waals surface area contributed by atoms with Gasteiger partial charge >= 0.3 is 5.97 Å². The molecule has 1 aliphatic heterocycles. The number of nitrogens with zero attached hydrogens (tertiary/aromatic N) is 1. The second kappa shape index (κ2) is 4.95. The van der Waals surface area contributed by atoms with Crippen molar-refractivity contribution in [2.75, 3.05) is 36.9 Å². The zero-order chi connectivity index (χ0) is 12.3. The monoisotopic (exact) mass is 236 g/mol. The lowest BCUT2D eigenvalue weighted by molar-refractivity contribution is -0.141. The lowest BCUT2D eigenvalue weighted by Crippen LogP contribution is -2.37. The van der Waals surface area contributed by atoms with Crippen molar-refractivity contribution in [2.45, 2.75) is 6.92 Å². The number of ether oxygens (including phenoxy) is 2. The molecule has 5 nitrogen and oxygen atoms in total. The van der Waals surface area contributed by atoms with E-state index in [-0.39, 0.29) is 12.5 Å². The minimum Gasteiger partial charge on any atom is -0.489 e. The highest BCUT2D eigenvalue weighted by molar-refractivity contribution is 5.82. The molecule has 0 saturated heterocycles. The third-order valence-corrected chi connectivity index (χ3v) is 2.59. The predicted molar refractivity (Wildman–Crippen MR) is 65.2 cm³/mol. The summed E-state index contributed by atoms with van der Waals surface area (Å²) in [5.74, 6) is 0.476. The first-order valence-electron chi connectivity index (χ1n) is 5.64. The molecule has 1 aromatic carbocycles. The molecule has 0 saturated carbocycles. The van der Waals surface area contributed by atoms with Crippen molar-refractivity contribution in [3.63, 3.8) is 0 Å². The summed E-state index contributed by atoms with van der Waals surface area (Å²) in [4.78, 5) is 13.4. The number of benzene rings is 1. The summed E-state index contributed by atoms with van der Waals surface area (Å²) in [6, 6.07) is 5.48. The molecule has 0 aliphatic carbocycles. The number of esters is 1. The van der Waals surface area contributed by atoms with E-state index in [1.54, 1.807) is 13.0 Å². The molecule has 5 heteroatoms. The number of rotatable bonds is 3. The maximum Gasteiger partial charge on any atom is 0.325 e. The van der Waals surface area contributed by atoms with Gasteiger partial charge in [-0.3, -0.25) is 4.79 Å². The van der Waals surface area contributed by atoms with Crippen molar-refractivity contribution < 1.29 is 14.3 Å². The molecule has 0 radical (unpaired) electrons. The van der Waals surface area contributed by atoms with Crippen LogP contribution in [-0.4, -0.2) is 32.3 Å². The molecule has 1 heterocycles. The molecule has 0 fully saturated rings. The van der Waals surface area contributed by atoms with Crippen molar-refractivity contribution >= 4 is 17.3 Å². The van der Waals surface area contributed by atoms with Gasteiger partial charge in [-0.15, -0.1) is 0 Å². The van der Waals surface area contributed by atoms with Crippen LogP contribution in [0, 0.1) is 0 Å². The van der Waals surface area contributed by atoms with Crippen molar-refractivity contribution in [1.82, 2.24) is 0 Å². The Morgan fingerprint density at radius 2 is 2.41 bits per heavy atom. The third-order valence-electron chi connectivity index (χ3n) is 2.59. The number of nitrogen functional groups attached to an aromatic ring is 1. The summed E-state index contributed by atoms with van der Waals surface area (Å²) in [6.07, 6.45) is 0. The van der Waals surface area contributed by atoms with E-state index < -0.39 is 0 Å². The van der Waals surface area contributed by atoms with Crippen LogP contribution in [0.5, 0.6) is 5.75 Å². The number of hydrogen-bond donors (Lipinski definition) is 1. The normalized spacial score (nSPS) is 13.8. The Morgan fingerprint density at radius 3 is 3.18 bits per heavy atom. The molecule has 1 aliphatic rings. The maximum atomic E-state index is 11.5. The summed E-state index contributed by atoms with van der Waals surface area (Å²) < 4.78 is 10.4. The molecule has 92 valence electrons. The Labute approximate surface area is 100 Å². The average Bonchev–Trinajstić information content (AvgIpc) is 2.29. The first-order valence-corrected chi connectivity index (χ1v) is 5.64. The number of carbonyl (C=O) groups is 1. The van der Waals surface area contributed by atoms with E-state index in [0.717, 1.165) is 11.4 Å². The SMILES string of the molecule is CCOC(=O)CN1CCOc2cccc(N)c21. The van der Waals surface area contributed by atoms with Gasteiger partial charge in [0.05, 0.1) is 18.8 Å². The quantitative estimate of drug-likeness (QED) is 0.627. The van der Waals surface area contributed by atoms with E-state index in [2.05, 4.69) is 0 Å². The van der Waals surface area contributed by atoms with Gasteiger partial charge in [-0.1, -0.05) is 6.07 Å². The van der Waals surface area contributed by atoms with Crippen molar-refractivity contribution in [3.8, 4) is 5.75 Å². The Morgan fingerprint density at radius 1 is 1.59 bits per heavy atom. The van der Waals surface area contributed by atoms with Crippen LogP contribution in [0.4, 0.5) is 11.4 Å². The van der Waals surface area contributed by atoms with Crippen LogP contribution in [0.1, 0.15) is 6.92 Å². The van der Waals surface area contributed by atoms with Gasteiger partial charge in [0.25, 0.3) is 0 Å². The predicted octanol–water partition coefficient (Wildman–Crippen LogP) is 1.03. The summed E-state index contributed by atoms with van der Waals surface area (Å²) >= 11 is 0. The number of carbonyl (C=O) groups excluding carboxylic acids is 1. The second-order valence-corrected chi connectivity index (χ2v) is 3.77. The lowest BCUT2D eigenvalue weighted by atomic mass is 10.2. The minimum atomic E-state index is -0.247. The smallest absolute Gasteiger partial charge is 0.325 e. The van der Waals surface area contributed by atoms with Gasteiger partial charge in [0.2, 0.25) is 0 Å². The highest BCUT2D eigenvalue weighted by Crippen LogP contribution is 2.36. The average molecular weight is 236 g/mol. The van der Waals surface area contributed by atoms with Gasteiger partial charge in [-0.2, -0.15) is 0 Å². The van der Waals surface area contributed by atoms with Crippen LogP contribution in [-0.2, 0) is 9.53 Å². The Bertz CT molecular complexity index is 420. The summed E-state index contributed by atoms with van der Waals surface area (Å²) in [7, 11) is 0. The van der Waals surface area contributed by atoms with E-state index in [1.165, 1.54) is 0 Å². The Balaban J connectivity index is 2.19. The molecule has 0 atom stereocenters. The van der Waals surface area contributed by atoms with Crippen molar-refractivity contribution in [3.05, 3.63) is 18.2 Å². The first-order chi connectivity index (χ1) is 8.22.